The van der Waals surface area contributed by atoms with E-state index < -0.39 is 18.2 Å². The summed E-state index contributed by atoms with van der Waals surface area (Å²) in [5.74, 6) is -1.31. The van der Waals surface area contributed by atoms with Crippen molar-refractivity contribution in [2.45, 2.75) is 18.2 Å². The van der Waals surface area contributed by atoms with E-state index in [1.54, 1.807) is 37.3 Å². The first-order valence-electron chi connectivity index (χ1n) is 10.6. The average molecular weight is 501 g/mol. The smallest absolute Gasteiger partial charge is 0.272 e. The molecule has 10 heteroatoms. The molecule has 0 fully saturated rings. The zero-order valence-corrected chi connectivity index (χ0v) is 20.5. The summed E-state index contributed by atoms with van der Waals surface area (Å²) in [6, 6.07) is 15.0. The second-order valence-electron chi connectivity index (χ2n) is 7.73. The molecule has 2 aromatic rings. The number of nitrogens with zero attached hydrogens (tertiary/aromatic N) is 2. The number of methoxy groups -OCH3 is 2. The van der Waals surface area contributed by atoms with Crippen molar-refractivity contribution in [1.29, 1.82) is 0 Å². The number of nitrogens with one attached hydrogen (secondary N) is 2. The summed E-state index contributed by atoms with van der Waals surface area (Å²) < 4.78 is 16.4. The minimum absolute atomic E-state index is 0.202. The van der Waals surface area contributed by atoms with Gasteiger partial charge in [0.2, 0.25) is 12.0 Å². The Balaban J connectivity index is 1.59. The van der Waals surface area contributed by atoms with Gasteiger partial charge in [0.15, 0.2) is 11.4 Å². The number of benzene rings is 2. The minimum atomic E-state index is -1.04. The standard InChI is InChI=1S/C24H25ClN4O4S/c1-29-18-10-9-16(25)13-17(18)20(15-7-5-4-6-8-15)27-21(22(29)30)28-23(34)26-14-24(32-3)12-11-19(31-2)33-24/h4-13,19,21H,14H2,1-3H3,(H2,26,28,34). The first kappa shape index (κ1) is 24.3. The van der Waals surface area contributed by atoms with E-state index in [-0.39, 0.29) is 17.6 Å². The molecule has 1 amide bonds. The van der Waals surface area contributed by atoms with E-state index in [0.29, 0.717) is 16.4 Å². The normalized spacial score (nSPS) is 23.8. The van der Waals surface area contributed by atoms with E-state index in [1.165, 1.54) is 7.11 Å². The van der Waals surface area contributed by atoms with Crippen LogP contribution in [0.1, 0.15) is 11.1 Å². The van der Waals surface area contributed by atoms with E-state index in [2.05, 4.69) is 10.6 Å². The molecule has 34 heavy (non-hydrogen) atoms. The molecule has 0 saturated heterocycles. The molecule has 3 atom stereocenters. The maximum Gasteiger partial charge on any atom is 0.272 e. The minimum Gasteiger partial charge on any atom is -0.357 e. The first-order valence-corrected chi connectivity index (χ1v) is 11.3. The maximum absolute atomic E-state index is 13.3. The molecule has 0 saturated carbocycles. The Morgan fingerprint density at radius 2 is 2.03 bits per heavy atom. The molecule has 4 rings (SSSR count). The van der Waals surface area contributed by atoms with E-state index >= 15 is 0 Å². The summed E-state index contributed by atoms with van der Waals surface area (Å²) in [6.07, 6.45) is 2.04. The third kappa shape index (κ3) is 4.98. The third-order valence-electron chi connectivity index (χ3n) is 5.61. The summed E-state index contributed by atoms with van der Waals surface area (Å²) in [7, 11) is 4.77. The van der Waals surface area contributed by atoms with Gasteiger partial charge in [0.05, 0.1) is 17.9 Å². The Bertz CT molecular complexity index is 1140. The summed E-state index contributed by atoms with van der Waals surface area (Å²) in [5, 5.41) is 6.85. The van der Waals surface area contributed by atoms with Crippen molar-refractivity contribution in [3.05, 3.63) is 76.8 Å². The average Bonchev–Trinajstić information content (AvgIpc) is 3.25. The number of carbonyl (C=O) groups excluding carboxylic acids is 1. The number of aliphatic imine (C=N–C) groups is 1. The van der Waals surface area contributed by atoms with Gasteiger partial charge < -0.3 is 29.7 Å². The number of benzodiazepines with no additional fused rings is 1. The van der Waals surface area contributed by atoms with Crippen molar-refractivity contribution in [3.63, 3.8) is 0 Å². The highest BCUT2D eigenvalue weighted by Gasteiger charge is 2.36. The molecule has 0 spiro atoms. The van der Waals surface area contributed by atoms with Crippen LogP contribution in [-0.4, -0.2) is 62.8 Å². The summed E-state index contributed by atoms with van der Waals surface area (Å²) in [5.41, 5.74) is 2.95. The van der Waals surface area contributed by atoms with Gasteiger partial charge in [-0.25, -0.2) is 4.99 Å². The topological polar surface area (TPSA) is 84.4 Å². The van der Waals surface area contributed by atoms with E-state index in [4.69, 9.17) is 43.0 Å². The molecule has 0 bridgehead atoms. The number of anilines is 1. The van der Waals surface area contributed by atoms with Gasteiger partial charge in [0, 0.05) is 37.4 Å². The van der Waals surface area contributed by atoms with Gasteiger partial charge in [-0.1, -0.05) is 41.9 Å². The van der Waals surface area contributed by atoms with Gasteiger partial charge >= 0.3 is 0 Å². The molecule has 2 aliphatic rings. The predicted octanol–water partition coefficient (Wildman–Crippen LogP) is 2.85. The zero-order chi connectivity index (χ0) is 24.3. The molecule has 3 unspecified atom stereocenters. The fourth-order valence-corrected chi connectivity index (χ4v) is 4.12. The van der Waals surface area contributed by atoms with Crippen LogP contribution in [0.25, 0.3) is 0 Å². The van der Waals surface area contributed by atoms with Crippen LogP contribution in [0.5, 0.6) is 0 Å². The number of likely N-dealkylation sites (N-methyl/N-ethyl adjacent to an activating group) is 1. The number of thiocarbonyl (C=S) groups is 1. The van der Waals surface area contributed by atoms with E-state index in [0.717, 1.165) is 11.1 Å². The summed E-state index contributed by atoms with van der Waals surface area (Å²) in [4.78, 5) is 19.6. The van der Waals surface area contributed by atoms with Crippen LogP contribution in [-0.2, 0) is 19.0 Å². The summed E-state index contributed by atoms with van der Waals surface area (Å²) >= 11 is 11.8. The van der Waals surface area contributed by atoms with Crippen LogP contribution < -0.4 is 15.5 Å². The molecule has 0 aliphatic carbocycles. The molecule has 178 valence electrons. The van der Waals surface area contributed by atoms with Gasteiger partial charge in [0.25, 0.3) is 5.91 Å². The van der Waals surface area contributed by atoms with Gasteiger partial charge in [-0.15, -0.1) is 0 Å². The van der Waals surface area contributed by atoms with Crippen LogP contribution in [0, 0.1) is 0 Å². The molecule has 2 aliphatic heterocycles. The monoisotopic (exact) mass is 500 g/mol. The Labute approximate surface area is 208 Å². The fourth-order valence-electron chi connectivity index (χ4n) is 3.76. The fraction of sp³-hybridized carbons (Fsp3) is 0.292. The molecule has 8 nitrogen and oxygen atoms in total. The van der Waals surface area contributed by atoms with Crippen LogP contribution in [0.15, 0.2) is 65.7 Å². The van der Waals surface area contributed by atoms with Crippen LogP contribution in [0.4, 0.5) is 5.69 Å². The van der Waals surface area contributed by atoms with E-state index in [9.17, 15) is 4.79 Å². The van der Waals surface area contributed by atoms with Crippen LogP contribution >= 0.6 is 23.8 Å². The molecule has 0 radical (unpaired) electrons. The molecule has 2 heterocycles. The number of hydrogen-bond acceptors (Lipinski definition) is 6. The van der Waals surface area contributed by atoms with Gasteiger partial charge in [-0.2, -0.15) is 0 Å². The highest BCUT2D eigenvalue weighted by molar-refractivity contribution is 7.80. The second kappa shape index (κ2) is 10.2. The largest absolute Gasteiger partial charge is 0.357 e. The number of amides is 1. The lowest BCUT2D eigenvalue weighted by molar-refractivity contribution is -0.238. The van der Waals surface area contributed by atoms with Crippen molar-refractivity contribution in [1.82, 2.24) is 10.6 Å². The molecular weight excluding hydrogens is 476 g/mol. The number of halogens is 1. The number of ether oxygens (including phenoxy) is 3. The van der Waals surface area contributed by atoms with Gasteiger partial charge in [-0.05, 0) is 42.6 Å². The molecule has 2 aromatic carbocycles. The molecule has 2 N–H and O–H groups in total. The Morgan fingerprint density at radius 3 is 2.71 bits per heavy atom. The molecule has 0 aromatic heterocycles. The zero-order valence-electron chi connectivity index (χ0n) is 18.9. The number of fused-ring (bicyclic) bond motifs is 1. The van der Waals surface area contributed by atoms with Crippen LogP contribution in [0.3, 0.4) is 0 Å². The Morgan fingerprint density at radius 1 is 1.26 bits per heavy atom. The van der Waals surface area contributed by atoms with Crippen molar-refractivity contribution in [3.8, 4) is 0 Å². The lowest BCUT2D eigenvalue weighted by atomic mass is 10.0. The van der Waals surface area contributed by atoms with E-state index in [1.807, 2.05) is 42.5 Å². The SMILES string of the molecule is COC1C=CC(CNC(=S)NC2N=C(c3ccccc3)c3cc(Cl)ccc3N(C)C2=O)(OC)O1. The molecular formula is C24H25ClN4O4S. The predicted molar refractivity (Wildman–Crippen MR) is 135 cm³/mol. The summed E-state index contributed by atoms with van der Waals surface area (Å²) in [6.45, 7) is 0.202. The van der Waals surface area contributed by atoms with Crippen molar-refractivity contribution in [2.24, 2.45) is 4.99 Å². The van der Waals surface area contributed by atoms with Crippen molar-refractivity contribution >= 4 is 46.2 Å². The van der Waals surface area contributed by atoms with Gasteiger partial charge in [-0.3, -0.25) is 4.79 Å². The maximum atomic E-state index is 13.3. The number of hydrogen-bond donors (Lipinski definition) is 2. The van der Waals surface area contributed by atoms with Crippen molar-refractivity contribution < 1.29 is 19.0 Å². The van der Waals surface area contributed by atoms with Gasteiger partial charge in [0.1, 0.15) is 0 Å². The quantitative estimate of drug-likeness (QED) is 0.466. The highest BCUT2D eigenvalue weighted by Crippen LogP contribution is 2.30. The first-order chi connectivity index (χ1) is 16.4. The highest BCUT2D eigenvalue weighted by atomic mass is 35.5. The van der Waals surface area contributed by atoms with Crippen molar-refractivity contribution in [2.75, 3.05) is 32.7 Å². The lowest BCUT2D eigenvalue weighted by Crippen LogP contribution is -2.52. The third-order valence-corrected chi connectivity index (χ3v) is 6.11. The Kier molecular flexibility index (Phi) is 7.30. The Hall–Kier alpha value is -2.82. The number of carbonyl (C=O) groups is 1. The van der Waals surface area contributed by atoms with Crippen LogP contribution in [0.2, 0.25) is 5.02 Å². The lowest BCUT2D eigenvalue weighted by Gasteiger charge is -2.28. The second-order valence-corrected chi connectivity index (χ2v) is 8.57. The number of rotatable bonds is 6.